The molecule has 160 valence electrons. The number of rotatable bonds is 7. The molecular formula is C20H18ClN5O4S. The molecule has 0 fully saturated rings. The lowest BCUT2D eigenvalue weighted by Crippen LogP contribution is -2.41. The fourth-order valence-electron chi connectivity index (χ4n) is 2.52. The Morgan fingerprint density at radius 2 is 1.58 bits per heavy atom. The van der Waals surface area contributed by atoms with Gasteiger partial charge in [0.25, 0.3) is 15.9 Å². The first kappa shape index (κ1) is 22.2. The summed E-state index contributed by atoms with van der Waals surface area (Å²) in [7, 11) is -4.04. The second-order valence-electron chi connectivity index (χ2n) is 6.30. The van der Waals surface area contributed by atoms with Crippen molar-refractivity contribution in [3.05, 3.63) is 77.4 Å². The molecule has 0 bridgehead atoms. The van der Waals surface area contributed by atoms with Crippen LogP contribution in [0.5, 0.6) is 0 Å². The Kier molecular flexibility index (Phi) is 6.85. The summed E-state index contributed by atoms with van der Waals surface area (Å²) in [6.45, 7) is 1.34. The lowest BCUT2D eigenvalue weighted by atomic mass is 10.2. The number of sulfonamides is 1. The van der Waals surface area contributed by atoms with Crippen LogP contribution in [0.3, 0.4) is 0 Å². The van der Waals surface area contributed by atoms with Gasteiger partial charge >= 0.3 is 0 Å². The maximum absolute atomic E-state index is 12.6. The summed E-state index contributed by atoms with van der Waals surface area (Å²) < 4.78 is 24.9. The van der Waals surface area contributed by atoms with Crippen molar-refractivity contribution in [2.24, 2.45) is 0 Å². The van der Waals surface area contributed by atoms with E-state index < -0.39 is 15.9 Å². The van der Waals surface area contributed by atoms with E-state index in [4.69, 9.17) is 11.6 Å². The van der Waals surface area contributed by atoms with Crippen LogP contribution < -0.4 is 20.9 Å². The standard InChI is InChI=1S/C20H18ClN5O4S/c1-13(27)23-15-8-10-17(11-9-15)31(29,30)26-25-20(28)18-3-2-12-22-19(18)24-16-6-4-14(21)5-7-16/h2-12,26H,1H3,(H,22,24)(H,23,27)(H,25,28). The molecule has 0 radical (unpaired) electrons. The molecule has 0 saturated carbocycles. The van der Waals surface area contributed by atoms with Crippen LogP contribution in [-0.2, 0) is 14.8 Å². The van der Waals surface area contributed by atoms with Gasteiger partial charge in [0.15, 0.2) is 0 Å². The van der Waals surface area contributed by atoms with Crippen molar-refractivity contribution in [3.63, 3.8) is 0 Å². The highest BCUT2D eigenvalue weighted by atomic mass is 35.5. The number of hydrazine groups is 1. The number of nitrogens with zero attached hydrogens (tertiary/aromatic N) is 1. The van der Waals surface area contributed by atoms with Gasteiger partial charge in [-0.15, -0.1) is 4.83 Å². The summed E-state index contributed by atoms with van der Waals surface area (Å²) in [5, 5.41) is 6.09. The molecule has 4 N–H and O–H groups in total. The zero-order valence-electron chi connectivity index (χ0n) is 16.2. The molecule has 0 aliphatic heterocycles. The SMILES string of the molecule is CC(=O)Nc1ccc(S(=O)(=O)NNC(=O)c2cccnc2Nc2ccc(Cl)cc2)cc1. The van der Waals surface area contributed by atoms with E-state index in [1.54, 1.807) is 30.3 Å². The van der Waals surface area contributed by atoms with Gasteiger partial charge in [0.1, 0.15) is 5.82 Å². The first-order valence-electron chi connectivity index (χ1n) is 8.92. The summed E-state index contributed by atoms with van der Waals surface area (Å²) in [6, 6.07) is 15.3. The first-order valence-corrected chi connectivity index (χ1v) is 10.8. The van der Waals surface area contributed by atoms with E-state index in [2.05, 4.69) is 21.0 Å². The van der Waals surface area contributed by atoms with Crippen LogP contribution in [-0.4, -0.2) is 25.2 Å². The molecule has 3 rings (SSSR count). The molecule has 0 atom stereocenters. The molecular weight excluding hydrogens is 442 g/mol. The lowest BCUT2D eigenvalue weighted by molar-refractivity contribution is -0.114. The number of anilines is 3. The Bertz CT molecular complexity index is 1200. The number of benzene rings is 2. The molecule has 0 saturated heterocycles. The predicted octanol–water partition coefficient (Wildman–Crippen LogP) is 3.06. The third-order valence-corrected chi connectivity index (χ3v) is 5.46. The van der Waals surface area contributed by atoms with Crippen molar-refractivity contribution < 1.29 is 18.0 Å². The first-order chi connectivity index (χ1) is 14.7. The normalized spacial score (nSPS) is 10.9. The van der Waals surface area contributed by atoms with Gasteiger partial charge in [0.05, 0.1) is 10.5 Å². The topological polar surface area (TPSA) is 129 Å². The Labute approximate surface area is 183 Å². The Morgan fingerprint density at radius 1 is 0.935 bits per heavy atom. The lowest BCUT2D eigenvalue weighted by Gasteiger charge is -2.12. The number of hydrogen-bond acceptors (Lipinski definition) is 6. The predicted molar refractivity (Wildman–Crippen MR) is 118 cm³/mol. The van der Waals surface area contributed by atoms with E-state index in [0.717, 1.165) is 0 Å². The van der Waals surface area contributed by atoms with Gasteiger partial charge in [-0.1, -0.05) is 11.6 Å². The molecule has 31 heavy (non-hydrogen) atoms. The molecule has 0 aliphatic rings. The number of halogens is 1. The Balaban J connectivity index is 1.70. The second-order valence-corrected chi connectivity index (χ2v) is 8.42. The summed E-state index contributed by atoms with van der Waals surface area (Å²) in [4.78, 5) is 29.7. The molecule has 1 aromatic heterocycles. The van der Waals surface area contributed by atoms with Gasteiger partial charge in [-0.05, 0) is 60.7 Å². The average Bonchev–Trinajstić information content (AvgIpc) is 2.74. The second kappa shape index (κ2) is 9.56. The number of aromatic nitrogens is 1. The quantitative estimate of drug-likeness (QED) is 0.402. The number of carbonyl (C=O) groups excluding carboxylic acids is 2. The fourth-order valence-corrected chi connectivity index (χ4v) is 3.48. The highest BCUT2D eigenvalue weighted by Gasteiger charge is 2.18. The van der Waals surface area contributed by atoms with Crippen LogP contribution in [0.4, 0.5) is 17.2 Å². The number of carbonyl (C=O) groups is 2. The molecule has 2 aromatic carbocycles. The van der Waals surface area contributed by atoms with Crippen molar-refractivity contribution in [3.8, 4) is 0 Å². The Hall–Kier alpha value is -3.47. The zero-order chi connectivity index (χ0) is 22.4. The van der Waals surface area contributed by atoms with E-state index in [1.165, 1.54) is 43.5 Å². The van der Waals surface area contributed by atoms with E-state index in [-0.39, 0.29) is 22.2 Å². The molecule has 0 spiro atoms. The number of amides is 2. The van der Waals surface area contributed by atoms with Crippen LogP contribution in [0.2, 0.25) is 5.02 Å². The molecule has 1 heterocycles. The van der Waals surface area contributed by atoms with Crippen LogP contribution in [0.15, 0.2) is 71.8 Å². The molecule has 9 nitrogen and oxygen atoms in total. The van der Waals surface area contributed by atoms with Gasteiger partial charge in [0, 0.05) is 29.5 Å². The van der Waals surface area contributed by atoms with Gasteiger partial charge in [-0.3, -0.25) is 15.0 Å². The van der Waals surface area contributed by atoms with Gasteiger partial charge in [-0.25, -0.2) is 13.4 Å². The minimum Gasteiger partial charge on any atom is -0.340 e. The highest BCUT2D eigenvalue weighted by Crippen LogP contribution is 2.20. The molecule has 0 unspecified atom stereocenters. The van der Waals surface area contributed by atoms with E-state index in [9.17, 15) is 18.0 Å². The number of hydrogen-bond donors (Lipinski definition) is 4. The van der Waals surface area contributed by atoms with Gasteiger partial charge < -0.3 is 10.6 Å². The van der Waals surface area contributed by atoms with Crippen LogP contribution in [0.1, 0.15) is 17.3 Å². The average molecular weight is 460 g/mol. The van der Waals surface area contributed by atoms with Crippen LogP contribution >= 0.6 is 11.6 Å². The summed E-state index contributed by atoms with van der Waals surface area (Å²) in [5.74, 6) is -0.746. The monoisotopic (exact) mass is 459 g/mol. The van der Waals surface area contributed by atoms with Crippen LogP contribution in [0.25, 0.3) is 0 Å². The van der Waals surface area contributed by atoms with E-state index >= 15 is 0 Å². The third kappa shape index (κ3) is 6.01. The van der Waals surface area contributed by atoms with Crippen molar-refractivity contribution in [2.45, 2.75) is 11.8 Å². The Morgan fingerprint density at radius 3 is 2.23 bits per heavy atom. The summed E-state index contributed by atoms with van der Waals surface area (Å²) in [6.07, 6.45) is 1.50. The molecule has 2 amide bonds. The minimum absolute atomic E-state index is 0.0902. The highest BCUT2D eigenvalue weighted by molar-refractivity contribution is 7.89. The van der Waals surface area contributed by atoms with Gasteiger partial charge in [-0.2, -0.15) is 0 Å². The fraction of sp³-hybridized carbons (Fsp3) is 0.0500. The van der Waals surface area contributed by atoms with Crippen molar-refractivity contribution in [1.82, 2.24) is 15.2 Å². The van der Waals surface area contributed by atoms with E-state index in [1.807, 2.05) is 4.83 Å². The minimum atomic E-state index is -4.04. The maximum atomic E-state index is 12.6. The molecule has 0 aliphatic carbocycles. The van der Waals surface area contributed by atoms with E-state index in [0.29, 0.717) is 16.4 Å². The van der Waals surface area contributed by atoms with Crippen molar-refractivity contribution in [2.75, 3.05) is 10.6 Å². The van der Waals surface area contributed by atoms with Crippen LogP contribution in [0, 0.1) is 0 Å². The summed E-state index contributed by atoms with van der Waals surface area (Å²) in [5.41, 5.74) is 3.40. The zero-order valence-corrected chi connectivity index (χ0v) is 17.8. The number of pyridine rings is 1. The smallest absolute Gasteiger partial charge is 0.269 e. The maximum Gasteiger partial charge on any atom is 0.269 e. The van der Waals surface area contributed by atoms with Gasteiger partial charge in [0.2, 0.25) is 5.91 Å². The molecule has 11 heteroatoms. The summed E-state index contributed by atoms with van der Waals surface area (Å²) >= 11 is 5.87. The number of nitrogens with one attached hydrogen (secondary N) is 4. The van der Waals surface area contributed by atoms with Crippen molar-refractivity contribution in [1.29, 1.82) is 0 Å². The third-order valence-electron chi connectivity index (χ3n) is 3.94. The molecule has 3 aromatic rings. The largest absolute Gasteiger partial charge is 0.340 e. The van der Waals surface area contributed by atoms with Crippen molar-refractivity contribution >= 4 is 50.6 Å².